The number of sulfone groups is 1. The number of nitrogens with zero attached hydrogens (tertiary/aromatic N) is 3. The molecule has 1 aromatic heterocycles. The fourth-order valence-corrected chi connectivity index (χ4v) is 2.04. The maximum Gasteiger partial charge on any atom is 0.353 e. The summed E-state index contributed by atoms with van der Waals surface area (Å²) in [5, 5.41) is 16.2. The Labute approximate surface area is 110 Å². The van der Waals surface area contributed by atoms with E-state index in [4.69, 9.17) is 0 Å². The van der Waals surface area contributed by atoms with E-state index in [9.17, 15) is 18.5 Å². The number of nitro groups is 1. The SMILES string of the molecule is CCS(=O)(=O)CCNc1ncnc(NC)c1[N+](=O)[O-]. The summed E-state index contributed by atoms with van der Waals surface area (Å²) in [5.74, 6) is -0.0153. The van der Waals surface area contributed by atoms with Crippen molar-refractivity contribution >= 4 is 27.2 Å². The first-order chi connectivity index (χ1) is 8.91. The predicted octanol–water partition coefficient (Wildman–Crippen LogP) is 0.273. The lowest BCUT2D eigenvalue weighted by molar-refractivity contribution is -0.383. The molecule has 0 saturated carbocycles. The third kappa shape index (κ3) is 4.02. The van der Waals surface area contributed by atoms with Gasteiger partial charge in [-0.05, 0) is 0 Å². The van der Waals surface area contributed by atoms with Crippen molar-refractivity contribution in [2.75, 3.05) is 35.7 Å². The lowest BCUT2D eigenvalue weighted by Crippen LogP contribution is -2.18. The number of hydrogen-bond donors (Lipinski definition) is 2. The van der Waals surface area contributed by atoms with Gasteiger partial charge in [0.2, 0.25) is 11.6 Å². The molecule has 0 radical (unpaired) electrons. The van der Waals surface area contributed by atoms with Crippen LogP contribution in [-0.2, 0) is 9.84 Å². The van der Waals surface area contributed by atoms with Gasteiger partial charge in [-0.2, -0.15) is 0 Å². The summed E-state index contributed by atoms with van der Waals surface area (Å²) in [6.45, 7) is 1.60. The van der Waals surface area contributed by atoms with Gasteiger partial charge >= 0.3 is 5.69 Å². The molecular formula is C9H15N5O4S. The van der Waals surface area contributed by atoms with E-state index in [1.165, 1.54) is 7.05 Å². The van der Waals surface area contributed by atoms with Crippen LogP contribution < -0.4 is 10.6 Å². The quantitative estimate of drug-likeness (QED) is 0.541. The highest BCUT2D eigenvalue weighted by Gasteiger charge is 2.22. The summed E-state index contributed by atoms with van der Waals surface area (Å²) in [7, 11) is -1.63. The largest absolute Gasteiger partial charge is 0.367 e. The van der Waals surface area contributed by atoms with Gasteiger partial charge in [-0.3, -0.25) is 10.1 Å². The molecule has 0 spiro atoms. The average Bonchev–Trinajstić information content (AvgIpc) is 2.37. The standard InChI is InChI=1S/C9H15N5O4S/c1-3-19(17,18)5-4-11-9-7(14(15)16)8(10-2)12-6-13-9/h6H,3-5H2,1-2H3,(H2,10,11,12,13). The first-order valence-corrected chi connectivity index (χ1v) is 7.35. The Balaban J connectivity index is 2.87. The second kappa shape index (κ2) is 6.27. The minimum Gasteiger partial charge on any atom is -0.367 e. The molecule has 9 nitrogen and oxygen atoms in total. The smallest absolute Gasteiger partial charge is 0.353 e. The lowest BCUT2D eigenvalue weighted by Gasteiger charge is -2.08. The molecule has 0 amide bonds. The van der Waals surface area contributed by atoms with Gasteiger partial charge in [0.05, 0.1) is 10.7 Å². The van der Waals surface area contributed by atoms with Crippen LogP contribution in [0.3, 0.4) is 0 Å². The molecule has 0 aliphatic carbocycles. The van der Waals surface area contributed by atoms with Gasteiger partial charge in [0.1, 0.15) is 6.33 Å². The van der Waals surface area contributed by atoms with Gasteiger partial charge < -0.3 is 10.6 Å². The van der Waals surface area contributed by atoms with E-state index in [1.54, 1.807) is 6.92 Å². The maximum absolute atomic E-state index is 11.3. The molecule has 0 aliphatic heterocycles. The van der Waals surface area contributed by atoms with Crippen molar-refractivity contribution in [3.05, 3.63) is 16.4 Å². The average molecular weight is 289 g/mol. The molecule has 1 aromatic rings. The predicted molar refractivity (Wildman–Crippen MR) is 71.1 cm³/mol. The van der Waals surface area contributed by atoms with E-state index in [0.717, 1.165) is 6.33 Å². The Bertz CT molecular complexity index is 560. The van der Waals surface area contributed by atoms with Gasteiger partial charge in [0, 0.05) is 19.3 Å². The second-order valence-corrected chi connectivity index (χ2v) is 6.06. The third-order valence-electron chi connectivity index (χ3n) is 2.39. The van der Waals surface area contributed by atoms with Crippen LogP contribution in [0.4, 0.5) is 17.3 Å². The first kappa shape index (κ1) is 15.1. The normalized spacial score (nSPS) is 11.1. The van der Waals surface area contributed by atoms with Crippen LogP contribution in [0.25, 0.3) is 0 Å². The molecule has 1 heterocycles. The maximum atomic E-state index is 11.3. The number of rotatable bonds is 7. The Kier molecular flexibility index (Phi) is 4.98. The van der Waals surface area contributed by atoms with Crippen LogP contribution in [-0.4, -0.2) is 48.4 Å². The zero-order valence-corrected chi connectivity index (χ0v) is 11.4. The lowest BCUT2D eigenvalue weighted by atomic mass is 10.4. The van der Waals surface area contributed by atoms with Gasteiger partial charge in [-0.15, -0.1) is 0 Å². The summed E-state index contributed by atoms with van der Waals surface area (Å²) in [4.78, 5) is 17.8. The van der Waals surface area contributed by atoms with Crippen LogP contribution in [0, 0.1) is 10.1 Å². The number of aromatic nitrogens is 2. The molecule has 2 N–H and O–H groups in total. The van der Waals surface area contributed by atoms with E-state index >= 15 is 0 Å². The third-order valence-corrected chi connectivity index (χ3v) is 4.09. The highest BCUT2D eigenvalue weighted by molar-refractivity contribution is 7.91. The van der Waals surface area contributed by atoms with E-state index in [2.05, 4.69) is 20.6 Å². The summed E-state index contributed by atoms with van der Waals surface area (Å²) in [5.41, 5.74) is -0.307. The number of hydrogen-bond acceptors (Lipinski definition) is 8. The fraction of sp³-hybridized carbons (Fsp3) is 0.556. The fourth-order valence-electron chi connectivity index (χ4n) is 1.33. The van der Waals surface area contributed by atoms with Crippen molar-refractivity contribution < 1.29 is 13.3 Å². The summed E-state index contributed by atoms with van der Waals surface area (Å²) in [6, 6.07) is 0. The monoisotopic (exact) mass is 289 g/mol. The molecule has 0 aliphatic rings. The van der Waals surface area contributed by atoms with E-state index in [-0.39, 0.29) is 35.4 Å². The molecule has 0 fully saturated rings. The van der Waals surface area contributed by atoms with Crippen LogP contribution in [0.5, 0.6) is 0 Å². The molecule has 0 bridgehead atoms. The van der Waals surface area contributed by atoms with Gasteiger partial charge in [0.15, 0.2) is 9.84 Å². The molecule has 10 heteroatoms. The molecule has 1 rings (SSSR count). The molecule has 19 heavy (non-hydrogen) atoms. The minimum atomic E-state index is -3.13. The molecule has 106 valence electrons. The van der Waals surface area contributed by atoms with Crippen molar-refractivity contribution in [1.82, 2.24) is 9.97 Å². The Morgan fingerprint density at radius 3 is 2.53 bits per heavy atom. The topological polar surface area (TPSA) is 127 Å². The highest BCUT2D eigenvalue weighted by Crippen LogP contribution is 2.27. The van der Waals surface area contributed by atoms with Crippen molar-refractivity contribution in [2.24, 2.45) is 0 Å². The van der Waals surface area contributed by atoms with Crippen molar-refractivity contribution in [3.63, 3.8) is 0 Å². The van der Waals surface area contributed by atoms with E-state index < -0.39 is 14.8 Å². The molecule has 0 unspecified atom stereocenters. The summed E-state index contributed by atoms with van der Waals surface area (Å²) >= 11 is 0. The molecular weight excluding hydrogens is 274 g/mol. The van der Waals surface area contributed by atoms with E-state index in [0.29, 0.717) is 0 Å². The van der Waals surface area contributed by atoms with Crippen LogP contribution >= 0.6 is 0 Å². The number of nitrogens with one attached hydrogen (secondary N) is 2. The minimum absolute atomic E-state index is 0.00402. The van der Waals surface area contributed by atoms with Gasteiger partial charge in [0.25, 0.3) is 0 Å². The Hall–Kier alpha value is -1.97. The highest BCUT2D eigenvalue weighted by atomic mass is 32.2. The zero-order valence-electron chi connectivity index (χ0n) is 10.6. The van der Waals surface area contributed by atoms with Crippen LogP contribution in [0.1, 0.15) is 6.92 Å². The van der Waals surface area contributed by atoms with E-state index in [1.807, 2.05) is 0 Å². The molecule has 0 aromatic carbocycles. The summed E-state index contributed by atoms with van der Waals surface area (Å²) in [6.07, 6.45) is 1.16. The van der Waals surface area contributed by atoms with Crippen molar-refractivity contribution in [1.29, 1.82) is 0 Å². The Morgan fingerprint density at radius 1 is 1.37 bits per heavy atom. The first-order valence-electron chi connectivity index (χ1n) is 5.52. The van der Waals surface area contributed by atoms with Crippen LogP contribution in [0.2, 0.25) is 0 Å². The molecule has 0 atom stereocenters. The van der Waals surface area contributed by atoms with Crippen molar-refractivity contribution in [3.8, 4) is 0 Å². The Morgan fingerprint density at radius 2 is 2.00 bits per heavy atom. The molecule has 0 saturated heterocycles. The number of anilines is 2. The second-order valence-electron chi connectivity index (χ2n) is 3.59. The van der Waals surface area contributed by atoms with Crippen LogP contribution in [0.15, 0.2) is 6.33 Å². The van der Waals surface area contributed by atoms with Crippen molar-refractivity contribution in [2.45, 2.75) is 6.92 Å². The zero-order chi connectivity index (χ0) is 14.5. The van der Waals surface area contributed by atoms with Gasteiger partial charge in [-0.1, -0.05) is 6.92 Å². The summed E-state index contributed by atoms with van der Waals surface area (Å²) < 4.78 is 22.6. The van der Waals surface area contributed by atoms with Gasteiger partial charge in [-0.25, -0.2) is 18.4 Å².